The van der Waals surface area contributed by atoms with E-state index >= 15 is 0 Å². The van der Waals surface area contributed by atoms with E-state index in [-0.39, 0.29) is 24.9 Å². The summed E-state index contributed by atoms with van der Waals surface area (Å²) < 4.78 is 48.4. The fraction of sp³-hybridized carbons (Fsp3) is 0.409. The standard InChI is InChI=1S/C22H24F3N5O4/c1-33-17-7-9-28(10-8-17)16-6-11-29-19(12-16)27-30(21(29)32)14-20(31)26-13-15-2-4-18(5-3-15)34-22(23,24)25/h2-6,11-12,17H,7-10,13-14H2,1H3,(H,26,31). The van der Waals surface area contributed by atoms with Gasteiger partial charge in [0.15, 0.2) is 5.65 Å². The molecule has 0 atom stereocenters. The Morgan fingerprint density at radius 2 is 1.88 bits per heavy atom. The summed E-state index contributed by atoms with van der Waals surface area (Å²) in [6.07, 6.45) is -1.03. The molecule has 182 valence electrons. The van der Waals surface area contributed by atoms with E-state index in [4.69, 9.17) is 4.74 Å². The number of nitrogens with zero attached hydrogens (tertiary/aromatic N) is 4. The molecule has 0 spiro atoms. The number of alkyl halides is 3. The third-order valence-electron chi connectivity index (χ3n) is 5.65. The van der Waals surface area contributed by atoms with Gasteiger partial charge in [0.05, 0.1) is 6.10 Å². The summed E-state index contributed by atoms with van der Waals surface area (Å²) in [5, 5.41) is 6.90. The van der Waals surface area contributed by atoms with Crippen molar-refractivity contribution >= 4 is 17.2 Å². The Bertz CT molecular complexity index is 1200. The van der Waals surface area contributed by atoms with Gasteiger partial charge < -0.3 is 19.7 Å². The predicted molar refractivity (Wildman–Crippen MR) is 117 cm³/mol. The Morgan fingerprint density at radius 3 is 2.53 bits per heavy atom. The molecule has 0 aliphatic carbocycles. The summed E-state index contributed by atoms with van der Waals surface area (Å²) in [7, 11) is 1.71. The molecule has 1 amide bonds. The van der Waals surface area contributed by atoms with Crippen molar-refractivity contribution in [2.45, 2.75) is 38.4 Å². The zero-order valence-corrected chi connectivity index (χ0v) is 18.4. The van der Waals surface area contributed by atoms with Crippen molar-refractivity contribution in [3.05, 3.63) is 58.6 Å². The van der Waals surface area contributed by atoms with Crippen molar-refractivity contribution in [2.24, 2.45) is 0 Å². The Balaban J connectivity index is 1.36. The zero-order valence-electron chi connectivity index (χ0n) is 18.4. The van der Waals surface area contributed by atoms with E-state index in [0.29, 0.717) is 11.2 Å². The van der Waals surface area contributed by atoms with Crippen LogP contribution in [0, 0.1) is 0 Å². The fourth-order valence-electron chi connectivity index (χ4n) is 3.86. The number of hydrogen-bond donors (Lipinski definition) is 1. The van der Waals surface area contributed by atoms with Crippen LogP contribution in [0.2, 0.25) is 0 Å². The Labute approximate surface area is 192 Å². The van der Waals surface area contributed by atoms with Gasteiger partial charge in [-0.2, -0.15) is 0 Å². The first-order valence-corrected chi connectivity index (χ1v) is 10.7. The van der Waals surface area contributed by atoms with Crippen LogP contribution in [-0.4, -0.2) is 52.8 Å². The second kappa shape index (κ2) is 9.75. The van der Waals surface area contributed by atoms with Crippen molar-refractivity contribution in [2.75, 3.05) is 25.1 Å². The number of fused-ring (bicyclic) bond motifs is 1. The number of rotatable bonds is 7. The van der Waals surface area contributed by atoms with Crippen LogP contribution in [0.15, 0.2) is 47.4 Å². The molecule has 9 nitrogen and oxygen atoms in total. The highest BCUT2D eigenvalue weighted by molar-refractivity contribution is 5.75. The number of carbonyl (C=O) groups is 1. The van der Waals surface area contributed by atoms with Gasteiger partial charge in [-0.1, -0.05) is 12.1 Å². The number of pyridine rings is 1. The number of ether oxygens (including phenoxy) is 2. The number of methoxy groups -OCH3 is 1. The van der Waals surface area contributed by atoms with Crippen molar-refractivity contribution in [3.63, 3.8) is 0 Å². The van der Waals surface area contributed by atoms with Gasteiger partial charge in [0, 0.05) is 44.7 Å². The number of piperidine rings is 1. The van der Waals surface area contributed by atoms with Gasteiger partial charge in [0.2, 0.25) is 5.91 Å². The second-order valence-electron chi connectivity index (χ2n) is 7.94. The minimum absolute atomic E-state index is 0.0782. The summed E-state index contributed by atoms with van der Waals surface area (Å²) in [5.41, 5.74) is 1.52. The highest BCUT2D eigenvalue weighted by Gasteiger charge is 2.31. The van der Waals surface area contributed by atoms with Gasteiger partial charge in [0.1, 0.15) is 12.3 Å². The Morgan fingerprint density at radius 1 is 1.18 bits per heavy atom. The van der Waals surface area contributed by atoms with Crippen LogP contribution in [0.3, 0.4) is 0 Å². The molecule has 1 saturated heterocycles. The largest absolute Gasteiger partial charge is 0.573 e. The molecule has 2 aromatic heterocycles. The molecule has 0 bridgehead atoms. The van der Waals surface area contributed by atoms with E-state index in [9.17, 15) is 22.8 Å². The van der Waals surface area contributed by atoms with E-state index in [1.165, 1.54) is 16.5 Å². The van der Waals surface area contributed by atoms with Gasteiger partial charge in [0.25, 0.3) is 0 Å². The van der Waals surface area contributed by atoms with Crippen LogP contribution >= 0.6 is 0 Å². The van der Waals surface area contributed by atoms with Crippen molar-refractivity contribution in [3.8, 4) is 5.75 Å². The SMILES string of the molecule is COC1CCN(c2ccn3c(=O)n(CC(=O)NCc4ccc(OC(F)(F)F)cc4)nc3c2)CC1. The van der Waals surface area contributed by atoms with Gasteiger partial charge in [-0.3, -0.25) is 9.20 Å². The lowest BCUT2D eigenvalue weighted by Gasteiger charge is -2.32. The number of carbonyl (C=O) groups excluding carboxylic acids is 1. The molecule has 1 aromatic carbocycles. The molecule has 3 heterocycles. The molecule has 1 fully saturated rings. The maximum Gasteiger partial charge on any atom is 0.573 e. The van der Waals surface area contributed by atoms with Gasteiger partial charge >= 0.3 is 12.1 Å². The van der Waals surface area contributed by atoms with E-state index < -0.39 is 18.0 Å². The second-order valence-corrected chi connectivity index (χ2v) is 7.94. The molecule has 12 heteroatoms. The fourth-order valence-corrected chi connectivity index (χ4v) is 3.86. The first-order valence-electron chi connectivity index (χ1n) is 10.7. The average Bonchev–Trinajstić information content (AvgIpc) is 3.12. The number of aromatic nitrogens is 3. The van der Waals surface area contributed by atoms with Gasteiger partial charge in [-0.15, -0.1) is 18.3 Å². The lowest BCUT2D eigenvalue weighted by atomic mass is 10.1. The van der Waals surface area contributed by atoms with E-state index in [2.05, 4.69) is 20.1 Å². The first kappa shape index (κ1) is 23.6. The first-order chi connectivity index (χ1) is 16.2. The maximum absolute atomic E-state index is 12.6. The molecule has 3 aromatic rings. The molecular formula is C22H24F3N5O4. The number of nitrogens with one attached hydrogen (secondary N) is 1. The number of halogens is 3. The lowest BCUT2D eigenvalue weighted by molar-refractivity contribution is -0.274. The van der Waals surface area contributed by atoms with E-state index in [1.807, 2.05) is 12.1 Å². The summed E-state index contributed by atoms with van der Waals surface area (Å²) in [4.78, 5) is 27.1. The highest BCUT2D eigenvalue weighted by Crippen LogP contribution is 2.23. The van der Waals surface area contributed by atoms with Gasteiger partial charge in [-0.25, -0.2) is 9.48 Å². The van der Waals surface area contributed by atoms with Crippen molar-refractivity contribution in [1.29, 1.82) is 0 Å². The minimum atomic E-state index is -4.77. The van der Waals surface area contributed by atoms with Crippen LogP contribution in [0.5, 0.6) is 5.75 Å². The van der Waals surface area contributed by atoms with E-state index in [0.717, 1.165) is 48.4 Å². The predicted octanol–water partition coefficient (Wildman–Crippen LogP) is 2.33. The summed E-state index contributed by atoms with van der Waals surface area (Å²) in [6.45, 7) is 1.47. The number of hydrogen-bond acceptors (Lipinski definition) is 6. The quantitative estimate of drug-likeness (QED) is 0.560. The molecular weight excluding hydrogens is 455 g/mol. The minimum Gasteiger partial charge on any atom is -0.406 e. The number of amides is 1. The molecule has 1 aliphatic heterocycles. The van der Waals surface area contributed by atoms with Crippen LogP contribution in [0.25, 0.3) is 5.65 Å². The monoisotopic (exact) mass is 479 g/mol. The molecule has 0 unspecified atom stereocenters. The normalized spacial score (nSPS) is 15.0. The lowest BCUT2D eigenvalue weighted by Crippen LogP contribution is -2.36. The topological polar surface area (TPSA) is 90.1 Å². The molecule has 1 N–H and O–H groups in total. The summed E-state index contributed by atoms with van der Waals surface area (Å²) in [5.74, 6) is -0.802. The summed E-state index contributed by atoms with van der Waals surface area (Å²) in [6, 6.07) is 8.81. The highest BCUT2D eigenvalue weighted by atomic mass is 19.4. The number of anilines is 1. The third-order valence-corrected chi connectivity index (χ3v) is 5.65. The van der Waals surface area contributed by atoms with Crippen molar-refractivity contribution < 1.29 is 27.4 Å². The smallest absolute Gasteiger partial charge is 0.406 e. The number of benzene rings is 1. The maximum atomic E-state index is 12.6. The van der Waals surface area contributed by atoms with Crippen LogP contribution in [0.1, 0.15) is 18.4 Å². The molecule has 1 aliphatic rings. The molecule has 34 heavy (non-hydrogen) atoms. The average molecular weight is 479 g/mol. The third kappa shape index (κ3) is 5.68. The molecule has 0 saturated carbocycles. The van der Waals surface area contributed by atoms with Crippen LogP contribution in [0.4, 0.5) is 18.9 Å². The Kier molecular flexibility index (Phi) is 6.77. The molecule has 4 rings (SSSR count). The summed E-state index contributed by atoms with van der Waals surface area (Å²) >= 11 is 0. The van der Waals surface area contributed by atoms with Crippen LogP contribution < -0.4 is 20.6 Å². The zero-order chi connectivity index (χ0) is 24.3. The van der Waals surface area contributed by atoms with E-state index in [1.54, 1.807) is 13.3 Å². The molecule has 0 radical (unpaired) electrons. The van der Waals surface area contributed by atoms with Gasteiger partial charge in [-0.05, 0) is 36.6 Å². The van der Waals surface area contributed by atoms with Crippen LogP contribution in [-0.2, 0) is 22.6 Å². The van der Waals surface area contributed by atoms with Crippen molar-refractivity contribution in [1.82, 2.24) is 19.5 Å². The Hall–Kier alpha value is -3.54.